The lowest BCUT2D eigenvalue weighted by Gasteiger charge is -2.22. The number of benzene rings is 2. The number of nitro groups is 1. The molecule has 1 aromatic heterocycles. The highest BCUT2D eigenvalue weighted by Crippen LogP contribution is 2.34. The molecule has 0 amide bonds. The van der Waals surface area contributed by atoms with Gasteiger partial charge in [-0.05, 0) is 28.9 Å². The number of fused-ring (bicyclic) bond motifs is 3. The molecule has 2 aromatic carbocycles. The number of anilines is 1. The Bertz CT molecular complexity index is 1190. The van der Waals surface area contributed by atoms with E-state index in [-0.39, 0.29) is 5.56 Å². The van der Waals surface area contributed by atoms with Crippen LogP contribution in [0.1, 0.15) is 11.7 Å². The van der Waals surface area contributed by atoms with E-state index in [0.717, 1.165) is 0 Å². The van der Waals surface area contributed by atoms with Crippen LogP contribution in [-0.2, 0) is 0 Å². The van der Waals surface area contributed by atoms with Crippen molar-refractivity contribution in [3.8, 4) is 17.0 Å². The molecule has 1 aliphatic rings. The molecule has 3 N–H and O–H groups in total. The number of para-hydroxylation sites is 1. The summed E-state index contributed by atoms with van der Waals surface area (Å²) in [5.74, 6) is 0.128. The minimum absolute atomic E-state index is 0.321. The van der Waals surface area contributed by atoms with Gasteiger partial charge in [-0.1, -0.05) is 30.0 Å². The van der Waals surface area contributed by atoms with Crippen molar-refractivity contribution in [2.24, 2.45) is 0 Å². The number of hydrogen-bond donors (Lipinski definition) is 3. The molecule has 1 atom stereocenters. The Morgan fingerprint density at radius 1 is 1.34 bits per heavy atom. The minimum atomic E-state index is -0.676. The Labute approximate surface area is 168 Å². The summed E-state index contributed by atoms with van der Waals surface area (Å²) in [6.45, 7) is 3.67. The number of thioether (sulfide) groups is 1. The SMILES string of the molecule is C=CCSc1n[n+]2c(c(=O)[nH]1)-c1ccccc1N[C@H]2c1ccc(O)c([N+](=O)[O-])c1. The van der Waals surface area contributed by atoms with Crippen LogP contribution in [0.3, 0.4) is 0 Å². The molecule has 0 bridgehead atoms. The summed E-state index contributed by atoms with van der Waals surface area (Å²) in [6, 6.07) is 11.4. The van der Waals surface area contributed by atoms with Gasteiger partial charge in [0.05, 0.1) is 21.7 Å². The van der Waals surface area contributed by atoms with Gasteiger partial charge in [-0.25, -0.2) is 0 Å². The Balaban J connectivity index is 1.93. The van der Waals surface area contributed by atoms with Crippen LogP contribution in [0.15, 0.2) is 65.1 Å². The fraction of sp³-hybridized carbons (Fsp3) is 0.105. The van der Waals surface area contributed by atoms with Gasteiger partial charge in [-0.3, -0.25) is 19.9 Å². The number of nitrogens with zero attached hydrogens (tertiary/aromatic N) is 3. The number of rotatable bonds is 5. The zero-order valence-electron chi connectivity index (χ0n) is 15.0. The van der Waals surface area contributed by atoms with Crippen molar-refractivity contribution in [1.82, 2.24) is 10.1 Å². The summed E-state index contributed by atoms with van der Waals surface area (Å²) in [4.78, 5) is 26.3. The van der Waals surface area contributed by atoms with Gasteiger partial charge in [0.15, 0.2) is 5.75 Å². The predicted octanol–water partition coefficient (Wildman–Crippen LogP) is 2.59. The van der Waals surface area contributed by atoms with Gasteiger partial charge in [0.2, 0.25) is 5.16 Å². The number of aromatic amines is 1. The van der Waals surface area contributed by atoms with E-state index in [9.17, 15) is 20.0 Å². The smallest absolute Gasteiger partial charge is 0.325 e. The van der Waals surface area contributed by atoms with Gasteiger partial charge >= 0.3 is 16.9 Å². The molecule has 2 heterocycles. The maximum atomic E-state index is 12.9. The molecule has 0 aliphatic carbocycles. The van der Waals surface area contributed by atoms with Crippen LogP contribution in [0.25, 0.3) is 11.3 Å². The minimum Gasteiger partial charge on any atom is -0.502 e. The third-order valence-corrected chi connectivity index (χ3v) is 5.29. The Hall–Kier alpha value is -3.66. The molecule has 0 saturated carbocycles. The molecule has 9 nitrogen and oxygen atoms in total. The molecule has 29 heavy (non-hydrogen) atoms. The number of aromatic hydroxyl groups is 1. The first-order valence-corrected chi connectivity index (χ1v) is 9.61. The average Bonchev–Trinajstić information content (AvgIpc) is 2.71. The van der Waals surface area contributed by atoms with E-state index >= 15 is 0 Å². The number of nitro benzene ring substituents is 1. The molecule has 0 spiro atoms. The molecule has 10 heteroatoms. The van der Waals surface area contributed by atoms with Crippen LogP contribution in [0, 0.1) is 10.1 Å². The maximum absolute atomic E-state index is 12.9. The molecule has 0 unspecified atom stereocenters. The van der Waals surface area contributed by atoms with Crippen LogP contribution in [0.2, 0.25) is 0 Å². The van der Waals surface area contributed by atoms with Gasteiger partial charge < -0.3 is 10.4 Å². The summed E-state index contributed by atoms with van der Waals surface area (Å²) < 4.78 is 1.52. The number of aromatic nitrogens is 3. The monoisotopic (exact) mass is 410 g/mol. The van der Waals surface area contributed by atoms with Crippen LogP contribution >= 0.6 is 11.8 Å². The van der Waals surface area contributed by atoms with Gasteiger partial charge in [0, 0.05) is 16.9 Å². The highest BCUT2D eigenvalue weighted by atomic mass is 32.2. The van der Waals surface area contributed by atoms with Crippen molar-refractivity contribution in [1.29, 1.82) is 0 Å². The molecular weight excluding hydrogens is 394 g/mol. The molecule has 4 rings (SSSR count). The van der Waals surface area contributed by atoms with Gasteiger partial charge in [-0.15, -0.1) is 6.58 Å². The van der Waals surface area contributed by atoms with Crippen LogP contribution < -0.4 is 15.6 Å². The van der Waals surface area contributed by atoms with E-state index in [1.807, 2.05) is 18.2 Å². The molecule has 146 valence electrons. The number of hydrogen-bond acceptors (Lipinski definition) is 7. The summed E-state index contributed by atoms with van der Waals surface area (Å²) in [5.41, 5.74) is 1.45. The lowest BCUT2D eigenvalue weighted by atomic mass is 10.0. The standard InChI is InChI=1S/C19H15N5O4S/c1-2-9-29-19-21-18(26)16-12-5-3-4-6-13(12)20-17(23(16)22-19)11-7-8-15(25)14(10-11)24(27)28/h2-8,10,17H,1,9H2,(H2,21,22,25,26)/p+1/t17-/m1/s1. The molecule has 1 aliphatic heterocycles. The van der Waals surface area contributed by atoms with Crippen molar-refractivity contribution < 1.29 is 14.7 Å². The lowest BCUT2D eigenvalue weighted by Crippen LogP contribution is -2.55. The van der Waals surface area contributed by atoms with Gasteiger partial charge in [0.1, 0.15) is 0 Å². The quantitative estimate of drug-likeness (QED) is 0.194. The Morgan fingerprint density at radius 3 is 2.90 bits per heavy atom. The average molecular weight is 410 g/mol. The first kappa shape index (κ1) is 18.7. The highest BCUT2D eigenvalue weighted by Gasteiger charge is 2.38. The van der Waals surface area contributed by atoms with E-state index in [2.05, 4.69) is 22.0 Å². The second-order valence-electron chi connectivity index (χ2n) is 6.25. The summed E-state index contributed by atoms with van der Waals surface area (Å²) >= 11 is 1.31. The number of nitrogens with one attached hydrogen (secondary N) is 2. The van der Waals surface area contributed by atoms with E-state index in [4.69, 9.17) is 0 Å². The third-order valence-electron chi connectivity index (χ3n) is 4.43. The van der Waals surface area contributed by atoms with Gasteiger partial charge in [-0.2, -0.15) is 0 Å². The van der Waals surface area contributed by atoms with Crippen molar-refractivity contribution in [2.45, 2.75) is 11.3 Å². The van der Waals surface area contributed by atoms with E-state index in [0.29, 0.717) is 33.4 Å². The zero-order valence-corrected chi connectivity index (χ0v) is 15.8. The zero-order chi connectivity index (χ0) is 20.5. The molecule has 0 fully saturated rings. The molecule has 0 saturated heterocycles. The number of phenolic OH excluding ortho intramolecular Hbond substituents is 1. The molecular formula is C19H16N5O4S+. The maximum Gasteiger partial charge on any atom is 0.325 e. The normalized spacial score (nSPS) is 14.4. The largest absolute Gasteiger partial charge is 0.502 e. The van der Waals surface area contributed by atoms with Crippen molar-refractivity contribution in [3.05, 3.63) is 81.2 Å². The fourth-order valence-electron chi connectivity index (χ4n) is 3.17. The van der Waals surface area contributed by atoms with Crippen LogP contribution in [-0.4, -0.2) is 25.9 Å². The highest BCUT2D eigenvalue weighted by molar-refractivity contribution is 7.99. The van der Waals surface area contributed by atoms with Crippen molar-refractivity contribution in [3.63, 3.8) is 0 Å². The Kier molecular flexibility index (Phi) is 4.77. The van der Waals surface area contributed by atoms with E-state index in [1.54, 1.807) is 18.2 Å². The number of phenols is 1. The van der Waals surface area contributed by atoms with E-state index < -0.39 is 22.5 Å². The van der Waals surface area contributed by atoms with Gasteiger partial charge in [0.25, 0.3) is 6.17 Å². The first-order chi connectivity index (χ1) is 14.0. The molecule has 0 radical (unpaired) electrons. The number of H-pyrrole nitrogens is 1. The summed E-state index contributed by atoms with van der Waals surface area (Å²) in [5, 5.41) is 29.3. The van der Waals surface area contributed by atoms with Crippen LogP contribution in [0.5, 0.6) is 5.75 Å². The van der Waals surface area contributed by atoms with Crippen LogP contribution in [0.4, 0.5) is 11.4 Å². The fourth-order valence-corrected chi connectivity index (χ4v) is 3.76. The second kappa shape index (κ2) is 7.40. The van der Waals surface area contributed by atoms with Crippen molar-refractivity contribution >= 4 is 23.1 Å². The molecule has 3 aromatic rings. The van der Waals surface area contributed by atoms with Crippen molar-refractivity contribution in [2.75, 3.05) is 11.1 Å². The summed E-state index contributed by atoms with van der Waals surface area (Å²) in [7, 11) is 0. The lowest BCUT2D eigenvalue weighted by molar-refractivity contribution is -0.759. The first-order valence-electron chi connectivity index (χ1n) is 8.62. The topological polar surface area (TPSA) is 125 Å². The predicted molar refractivity (Wildman–Crippen MR) is 108 cm³/mol. The summed E-state index contributed by atoms with van der Waals surface area (Å²) in [6.07, 6.45) is 1.02. The third kappa shape index (κ3) is 3.34. The second-order valence-corrected chi connectivity index (χ2v) is 7.26. The van der Waals surface area contributed by atoms with E-state index in [1.165, 1.54) is 28.6 Å². The Morgan fingerprint density at radius 2 is 2.14 bits per heavy atom.